The number of rotatable bonds is 15. The third-order valence-electron chi connectivity index (χ3n) is 9.84. The lowest BCUT2D eigenvalue weighted by molar-refractivity contribution is -0.497. The van der Waals surface area contributed by atoms with Crippen molar-refractivity contribution >= 4 is 35.2 Å². The van der Waals surface area contributed by atoms with Gasteiger partial charge in [0.1, 0.15) is 17.3 Å². The van der Waals surface area contributed by atoms with Crippen molar-refractivity contribution in [2.75, 3.05) is 6.61 Å². The van der Waals surface area contributed by atoms with Crippen LogP contribution in [-0.4, -0.2) is 67.5 Å². The van der Waals surface area contributed by atoms with Gasteiger partial charge in [-0.15, -0.1) is 0 Å². The molecule has 2 fully saturated rings. The van der Waals surface area contributed by atoms with E-state index in [0.717, 1.165) is 18.4 Å². The number of nitrogens with zero attached hydrogens (tertiary/aromatic N) is 4. The van der Waals surface area contributed by atoms with Crippen LogP contribution in [0.25, 0.3) is 0 Å². The molecule has 2 N–H and O–H groups in total. The second kappa shape index (κ2) is 17.0. The van der Waals surface area contributed by atoms with Gasteiger partial charge in [-0.1, -0.05) is 59.6 Å². The van der Waals surface area contributed by atoms with E-state index < -0.39 is 23.3 Å². The third-order valence-corrected chi connectivity index (χ3v) is 10.7. The minimum Gasteiger partial charge on any atom is -0.473 e. The molecule has 2 atom stereocenters. The van der Waals surface area contributed by atoms with Gasteiger partial charge in [-0.05, 0) is 97.6 Å². The Hall–Kier alpha value is -4.70. The fourth-order valence-corrected chi connectivity index (χ4v) is 7.38. The van der Waals surface area contributed by atoms with Crippen molar-refractivity contribution in [1.29, 1.82) is 0 Å². The van der Waals surface area contributed by atoms with E-state index >= 15 is 0 Å². The number of hydrogen-bond donors (Lipinski definition) is 2. The van der Waals surface area contributed by atoms with Gasteiger partial charge >= 0.3 is 6.09 Å². The van der Waals surface area contributed by atoms with Crippen LogP contribution in [0.3, 0.4) is 0 Å². The van der Waals surface area contributed by atoms with E-state index in [0.29, 0.717) is 63.9 Å². The third kappa shape index (κ3) is 9.07. The molecule has 2 bridgehead atoms. The molecule has 1 aromatic heterocycles. The van der Waals surface area contributed by atoms with Gasteiger partial charge in [-0.2, -0.15) is 4.39 Å². The van der Waals surface area contributed by atoms with Gasteiger partial charge in [0.05, 0.1) is 40.3 Å². The Bertz CT molecular complexity index is 2060. The van der Waals surface area contributed by atoms with E-state index in [1.165, 1.54) is 6.92 Å². The fourth-order valence-electron chi connectivity index (χ4n) is 7.00. The van der Waals surface area contributed by atoms with Crippen LogP contribution in [0.4, 0.5) is 9.18 Å². The van der Waals surface area contributed by atoms with Crippen molar-refractivity contribution in [2.45, 2.75) is 83.1 Å². The molecule has 3 aromatic carbocycles. The molecule has 0 radical (unpaired) electrons. The highest BCUT2D eigenvalue weighted by atomic mass is 35.5. The smallest absolute Gasteiger partial charge is 0.416 e. The van der Waals surface area contributed by atoms with Gasteiger partial charge in [0.25, 0.3) is 11.8 Å². The van der Waals surface area contributed by atoms with Crippen LogP contribution >= 0.6 is 23.2 Å². The molecule has 2 amide bonds. The molecule has 290 valence electrons. The molecule has 13 nitrogen and oxygen atoms in total. The highest BCUT2D eigenvalue weighted by Crippen LogP contribution is 2.43. The second-order valence-corrected chi connectivity index (χ2v) is 14.5. The molecule has 4 aromatic rings. The number of aryl methyl sites for hydroxylation is 2. The zero-order valence-electron chi connectivity index (χ0n) is 29.8. The van der Waals surface area contributed by atoms with Crippen LogP contribution in [0.15, 0.2) is 82.6 Å². The van der Waals surface area contributed by atoms with Crippen molar-refractivity contribution in [1.82, 2.24) is 20.3 Å². The predicted molar refractivity (Wildman–Crippen MR) is 195 cm³/mol. The fraction of sp³-hybridized carbons (Fsp3) is 0.359. The average Bonchev–Trinajstić information content (AvgIpc) is 3.90. The van der Waals surface area contributed by atoms with Crippen molar-refractivity contribution in [2.24, 2.45) is 0 Å². The molecule has 7 rings (SSSR count). The minimum absolute atomic E-state index is 0.0115. The Labute approximate surface area is 326 Å². The van der Waals surface area contributed by atoms with E-state index in [9.17, 15) is 14.0 Å². The first-order valence-corrected chi connectivity index (χ1v) is 18.7. The van der Waals surface area contributed by atoms with Gasteiger partial charge in [0.15, 0.2) is 5.76 Å². The number of aromatic nitrogens is 1. The molecule has 55 heavy (non-hydrogen) atoms. The maximum absolute atomic E-state index is 14.8. The maximum atomic E-state index is 14.8. The van der Waals surface area contributed by atoms with Crippen LogP contribution in [0.5, 0.6) is 17.4 Å². The Morgan fingerprint density at radius 1 is 1.00 bits per heavy atom. The number of hydrogen-bond acceptors (Lipinski definition) is 11. The van der Waals surface area contributed by atoms with E-state index in [1.807, 2.05) is 30.3 Å². The monoisotopic (exact) mass is 796 g/mol. The maximum Gasteiger partial charge on any atom is 0.416 e. The van der Waals surface area contributed by atoms with Crippen LogP contribution < -0.4 is 14.2 Å². The summed E-state index contributed by atoms with van der Waals surface area (Å²) in [6.07, 6.45) is 3.75. The van der Waals surface area contributed by atoms with Gasteiger partial charge in [-0.3, -0.25) is 20.1 Å². The summed E-state index contributed by atoms with van der Waals surface area (Å²) in [5, 5.41) is 21.8. The predicted octanol–water partition coefficient (Wildman–Crippen LogP) is 8.21. The number of amides is 2. The molecule has 16 heteroatoms. The van der Waals surface area contributed by atoms with E-state index in [2.05, 4.69) is 5.16 Å². The molecule has 0 spiro atoms. The largest absolute Gasteiger partial charge is 0.473 e. The molecule has 3 aliphatic rings. The minimum atomic E-state index is -0.619. The Kier molecular flexibility index (Phi) is 11.9. The lowest BCUT2D eigenvalue weighted by Crippen LogP contribution is -2.50. The topological polar surface area (TPSA) is 147 Å². The summed E-state index contributed by atoms with van der Waals surface area (Å²) in [5.74, 6) is 0.335. The summed E-state index contributed by atoms with van der Waals surface area (Å²) in [7, 11) is 0. The number of carbonyl (C=O) groups excluding carboxylic acids is 2. The van der Waals surface area contributed by atoms with E-state index in [4.69, 9.17) is 57.2 Å². The normalized spacial score (nSPS) is 17.8. The number of halogens is 3. The summed E-state index contributed by atoms with van der Waals surface area (Å²) < 4.78 is 36.5. The van der Waals surface area contributed by atoms with E-state index in [-0.39, 0.29) is 61.6 Å². The SMILES string of the molecule is Cc1onc(OCCCc2ccc(OC3=C(C(=O)N(Cc4cccc(Cl)c4Cl)C4CC4)C4CCC(C3)N4C(=O)Oc3cccc(CON(O)O)c3)cc2)c1F. The lowest BCUT2D eigenvalue weighted by atomic mass is 9.97. The zero-order valence-corrected chi connectivity index (χ0v) is 31.3. The quantitative estimate of drug-likeness (QED) is 0.0886. The van der Waals surface area contributed by atoms with Gasteiger partial charge in [0.2, 0.25) is 5.82 Å². The molecule has 3 heterocycles. The Morgan fingerprint density at radius 3 is 2.51 bits per heavy atom. The summed E-state index contributed by atoms with van der Waals surface area (Å²) in [6.45, 7) is 1.78. The van der Waals surface area contributed by atoms with Crippen LogP contribution in [0.2, 0.25) is 10.0 Å². The number of fused-ring (bicyclic) bond motifs is 2. The molecule has 1 aliphatic carbocycles. The summed E-state index contributed by atoms with van der Waals surface area (Å²) >= 11 is 12.9. The summed E-state index contributed by atoms with van der Waals surface area (Å²) in [5.41, 5.74) is 2.64. The van der Waals surface area contributed by atoms with Crippen molar-refractivity contribution < 1.29 is 48.0 Å². The van der Waals surface area contributed by atoms with Crippen LogP contribution in [0.1, 0.15) is 61.0 Å². The standard InChI is InChI=1S/C39H39Cl2FN4O9/c1-23-36(42)37(43-55-23)51-18-4-6-24-10-15-29(16-11-24)53-33-20-28-14-17-32(45(28)39(48)54-30-8-2-5-25(19-30)22-52-46(49)50)34(33)38(47)44(27-12-13-27)21-26-7-3-9-31(40)35(26)41/h2-3,5,7-11,15-16,19,27-28,32,49-50H,4,6,12-14,17-18,20-22H2,1H3. The molecule has 2 unspecified atom stereocenters. The number of carbonyl (C=O) groups is 2. The Balaban J connectivity index is 1.12. The molecular weight excluding hydrogens is 758 g/mol. The molecular formula is C39H39Cl2FN4O9. The van der Waals surface area contributed by atoms with Gasteiger partial charge in [-0.25, -0.2) is 9.63 Å². The number of benzene rings is 3. The van der Waals surface area contributed by atoms with Crippen LogP contribution in [-0.2, 0) is 29.2 Å². The first-order chi connectivity index (χ1) is 26.5. The first-order valence-electron chi connectivity index (χ1n) is 17.9. The first kappa shape index (κ1) is 38.6. The van der Waals surface area contributed by atoms with Crippen molar-refractivity contribution in [3.8, 4) is 17.4 Å². The lowest BCUT2D eigenvalue weighted by Gasteiger charge is -2.38. The second-order valence-electron chi connectivity index (χ2n) is 13.7. The van der Waals surface area contributed by atoms with Crippen LogP contribution in [0, 0.1) is 12.7 Å². The van der Waals surface area contributed by atoms with E-state index in [1.54, 1.807) is 46.2 Å². The highest BCUT2D eigenvalue weighted by Gasteiger charge is 2.50. The number of ether oxygens (including phenoxy) is 3. The highest BCUT2D eigenvalue weighted by molar-refractivity contribution is 6.42. The van der Waals surface area contributed by atoms with Gasteiger partial charge in [0, 0.05) is 25.0 Å². The zero-order chi connectivity index (χ0) is 38.6. The van der Waals surface area contributed by atoms with Crippen molar-refractivity contribution in [3.05, 3.63) is 116 Å². The van der Waals surface area contributed by atoms with Crippen molar-refractivity contribution in [3.63, 3.8) is 0 Å². The summed E-state index contributed by atoms with van der Waals surface area (Å²) in [4.78, 5) is 36.8. The van der Waals surface area contributed by atoms with Gasteiger partial charge < -0.3 is 23.6 Å². The molecule has 1 saturated heterocycles. The molecule has 1 saturated carbocycles. The molecule has 2 aliphatic heterocycles. The summed E-state index contributed by atoms with van der Waals surface area (Å²) in [6, 6.07) is 18.4. The average molecular weight is 798 g/mol. The Morgan fingerprint density at radius 2 is 1.78 bits per heavy atom.